The number of hydrogen-bond acceptors (Lipinski definition) is 2. The molecule has 1 heterocycles. The van der Waals surface area contributed by atoms with Crippen molar-refractivity contribution in [2.75, 3.05) is 11.9 Å². The van der Waals surface area contributed by atoms with Gasteiger partial charge in [-0.05, 0) is 48.7 Å². The Bertz CT molecular complexity index is 483. The van der Waals surface area contributed by atoms with Gasteiger partial charge in [0.2, 0.25) is 0 Å². The lowest BCUT2D eigenvalue weighted by molar-refractivity contribution is 0.629. The average molecular weight is 230 g/mol. The van der Waals surface area contributed by atoms with Crippen LogP contribution in [0.3, 0.4) is 0 Å². The third-order valence-corrected chi connectivity index (χ3v) is 2.60. The fourth-order valence-corrected chi connectivity index (χ4v) is 1.67. The fourth-order valence-electron chi connectivity index (χ4n) is 1.67. The van der Waals surface area contributed by atoms with E-state index in [1.807, 2.05) is 25.1 Å². The molecule has 0 saturated heterocycles. The van der Waals surface area contributed by atoms with E-state index in [-0.39, 0.29) is 5.82 Å². The summed E-state index contributed by atoms with van der Waals surface area (Å²) in [5.41, 5.74) is 2.82. The summed E-state index contributed by atoms with van der Waals surface area (Å²) in [4.78, 5) is 3.96. The first-order chi connectivity index (χ1) is 8.25. The van der Waals surface area contributed by atoms with Crippen LogP contribution in [0.25, 0.3) is 0 Å². The second-order valence-corrected chi connectivity index (χ2v) is 4.02. The Balaban J connectivity index is 1.92. The number of pyridine rings is 1. The van der Waals surface area contributed by atoms with E-state index in [9.17, 15) is 4.39 Å². The molecule has 3 heteroatoms. The molecule has 17 heavy (non-hydrogen) atoms. The molecule has 0 unspecified atom stereocenters. The number of rotatable bonds is 4. The Morgan fingerprint density at radius 2 is 1.94 bits per heavy atom. The number of nitrogens with zero attached hydrogens (tertiary/aromatic N) is 1. The zero-order valence-electron chi connectivity index (χ0n) is 9.78. The molecule has 1 aromatic heterocycles. The topological polar surface area (TPSA) is 24.9 Å². The summed E-state index contributed by atoms with van der Waals surface area (Å²) >= 11 is 0. The quantitative estimate of drug-likeness (QED) is 0.872. The standard InChI is InChI=1S/C14H15FN2/c1-11-2-3-13(15)14(10-11)17-9-6-12-4-7-16-8-5-12/h2-5,7-8,10,17H,6,9H2,1H3. The summed E-state index contributed by atoms with van der Waals surface area (Å²) in [5, 5.41) is 3.11. The van der Waals surface area contributed by atoms with Crippen molar-refractivity contribution in [3.63, 3.8) is 0 Å². The summed E-state index contributed by atoms with van der Waals surface area (Å²) in [6, 6.07) is 9.01. The monoisotopic (exact) mass is 230 g/mol. The zero-order chi connectivity index (χ0) is 12.1. The van der Waals surface area contributed by atoms with Crippen LogP contribution in [0, 0.1) is 12.7 Å². The first-order valence-corrected chi connectivity index (χ1v) is 5.64. The maximum absolute atomic E-state index is 13.4. The van der Waals surface area contributed by atoms with Gasteiger partial charge in [-0.2, -0.15) is 0 Å². The molecule has 1 aromatic carbocycles. The van der Waals surface area contributed by atoms with Crippen molar-refractivity contribution in [3.8, 4) is 0 Å². The predicted octanol–water partition coefficient (Wildman–Crippen LogP) is 3.18. The van der Waals surface area contributed by atoms with Gasteiger partial charge >= 0.3 is 0 Å². The first kappa shape index (κ1) is 11.6. The summed E-state index contributed by atoms with van der Waals surface area (Å²) in [5.74, 6) is -0.203. The van der Waals surface area contributed by atoms with Crippen LogP contribution in [-0.4, -0.2) is 11.5 Å². The van der Waals surface area contributed by atoms with Gasteiger partial charge in [0.05, 0.1) is 5.69 Å². The lowest BCUT2D eigenvalue weighted by Gasteiger charge is -2.08. The lowest BCUT2D eigenvalue weighted by Crippen LogP contribution is -2.06. The highest BCUT2D eigenvalue weighted by atomic mass is 19.1. The molecule has 0 saturated carbocycles. The van der Waals surface area contributed by atoms with Crippen molar-refractivity contribution in [1.29, 1.82) is 0 Å². The van der Waals surface area contributed by atoms with E-state index in [2.05, 4.69) is 10.3 Å². The molecule has 2 nitrogen and oxygen atoms in total. The molecule has 0 radical (unpaired) electrons. The van der Waals surface area contributed by atoms with Crippen LogP contribution >= 0.6 is 0 Å². The highest BCUT2D eigenvalue weighted by Crippen LogP contribution is 2.15. The maximum atomic E-state index is 13.4. The largest absolute Gasteiger partial charge is 0.382 e. The van der Waals surface area contributed by atoms with Crippen molar-refractivity contribution in [1.82, 2.24) is 4.98 Å². The van der Waals surface area contributed by atoms with Crippen LogP contribution in [0.1, 0.15) is 11.1 Å². The number of halogens is 1. The molecule has 2 rings (SSSR count). The Morgan fingerprint density at radius 1 is 1.18 bits per heavy atom. The van der Waals surface area contributed by atoms with E-state index < -0.39 is 0 Å². The molecule has 0 atom stereocenters. The molecule has 0 aliphatic rings. The van der Waals surface area contributed by atoms with Crippen molar-refractivity contribution in [2.45, 2.75) is 13.3 Å². The molecular formula is C14H15FN2. The minimum Gasteiger partial charge on any atom is -0.382 e. The van der Waals surface area contributed by atoms with Crippen molar-refractivity contribution in [3.05, 3.63) is 59.7 Å². The predicted molar refractivity (Wildman–Crippen MR) is 67.6 cm³/mol. The Morgan fingerprint density at radius 3 is 2.71 bits per heavy atom. The van der Waals surface area contributed by atoms with Crippen molar-refractivity contribution >= 4 is 5.69 Å². The molecule has 0 aliphatic carbocycles. The van der Waals surface area contributed by atoms with Gasteiger partial charge in [-0.15, -0.1) is 0 Å². The summed E-state index contributed by atoms with van der Waals surface area (Å²) in [6.45, 7) is 2.66. The number of aryl methyl sites for hydroxylation is 1. The molecular weight excluding hydrogens is 215 g/mol. The number of benzene rings is 1. The van der Waals surface area contributed by atoms with Crippen LogP contribution in [-0.2, 0) is 6.42 Å². The Hall–Kier alpha value is -1.90. The molecule has 0 fully saturated rings. The summed E-state index contributed by atoms with van der Waals surface area (Å²) < 4.78 is 13.4. The normalized spacial score (nSPS) is 10.2. The summed E-state index contributed by atoms with van der Waals surface area (Å²) in [6.07, 6.45) is 4.39. The second-order valence-electron chi connectivity index (χ2n) is 4.02. The minimum atomic E-state index is -0.203. The van der Waals surface area contributed by atoms with Gasteiger partial charge in [0.15, 0.2) is 0 Å². The Labute approximate surface area is 101 Å². The highest BCUT2D eigenvalue weighted by Gasteiger charge is 2.01. The average Bonchev–Trinajstić information content (AvgIpc) is 2.35. The lowest BCUT2D eigenvalue weighted by atomic mass is 10.2. The third-order valence-electron chi connectivity index (χ3n) is 2.60. The van der Waals surface area contributed by atoms with Crippen LogP contribution in [0.4, 0.5) is 10.1 Å². The highest BCUT2D eigenvalue weighted by molar-refractivity contribution is 5.47. The van der Waals surface area contributed by atoms with Gasteiger partial charge in [-0.25, -0.2) is 4.39 Å². The van der Waals surface area contributed by atoms with Gasteiger partial charge in [0.1, 0.15) is 5.82 Å². The zero-order valence-corrected chi connectivity index (χ0v) is 9.78. The van der Waals surface area contributed by atoms with Crippen molar-refractivity contribution < 1.29 is 4.39 Å². The fraction of sp³-hybridized carbons (Fsp3) is 0.214. The van der Waals surface area contributed by atoms with E-state index in [4.69, 9.17) is 0 Å². The van der Waals surface area contributed by atoms with E-state index in [0.29, 0.717) is 12.2 Å². The molecule has 88 valence electrons. The first-order valence-electron chi connectivity index (χ1n) is 5.64. The van der Waals surface area contributed by atoms with Gasteiger partial charge < -0.3 is 5.32 Å². The number of hydrogen-bond donors (Lipinski definition) is 1. The molecule has 0 amide bonds. The van der Waals surface area contributed by atoms with Gasteiger partial charge in [0, 0.05) is 18.9 Å². The third kappa shape index (κ3) is 3.28. The summed E-state index contributed by atoms with van der Waals surface area (Å²) in [7, 11) is 0. The molecule has 1 N–H and O–H groups in total. The van der Waals surface area contributed by atoms with E-state index in [0.717, 1.165) is 12.0 Å². The van der Waals surface area contributed by atoms with Gasteiger partial charge in [-0.1, -0.05) is 6.07 Å². The van der Waals surface area contributed by atoms with E-state index in [1.54, 1.807) is 18.5 Å². The van der Waals surface area contributed by atoms with E-state index >= 15 is 0 Å². The number of anilines is 1. The maximum Gasteiger partial charge on any atom is 0.146 e. The van der Waals surface area contributed by atoms with Gasteiger partial charge in [-0.3, -0.25) is 4.98 Å². The molecule has 0 bridgehead atoms. The smallest absolute Gasteiger partial charge is 0.146 e. The number of aromatic nitrogens is 1. The van der Waals surface area contributed by atoms with Crippen molar-refractivity contribution in [2.24, 2.45) is 0 Å². The molecule has 0 spiro atoms. The van der Waals surface area contributed by atoms with Crippen LogP contribution in [0.5, 0.6) is 0 Å². The molecule has 2 aromatic rings. The minimum absolute atomic E-state index is 0.203. The SMILES string of the molecule is Cc1ccc(F)c(NCCc2ccncc2)c1. The second kappa shape index (κ2) is 5.43. The number of nitrogens with one attached hydrogen (secondary N) is 1. The van der Waals surface area contributed by atoms with Gasteiger partial charge in [0.25, 0.3) is 0 Å². The Kier molecular flexibility index (Phi) is 3.70. The molecule has 0 aliphatic heterocycles. The van der Waals surface area contributed by atoms with Crippen LogP contribution in [0.2, 0.25) is 0 Å². The van der Waals surface area contributed by atoms with Crippen LogP contribution in [0.15, 0.2) is 42.7 Å². The van der Waals surface area contributed by atoms with E-state index in [1.165, 1.54) is 11.6 Å². The van der Waals surface area contributed by atoms with Crippen LogP contribution < -0.4 is 5.32 Å².